The topological polar surface area (TPSA) is 47.6 Å². The minimum atomic E-state index is -0.0537. The predicted molar refractivity (Wildman–Crippen MR) is 118 cm³/mol. The third kappa shape index (κ3) is 5.79. The summed E-state index contributed by atoms with van der Waals surface area (Å²) in [4.78, 5) is 16.5. The molecule has 1 saturated heterocycles. The monoisotopic (exact) mass is 424 g/mol. The Bertz CT molecular complexity index is 702. The van der Waals surface area contributed by atoms with E-state index in [0.29, 0.717) is 16.6 Å². The first kappa shape index (κ1) is 21.3. The van der Waals surface area contributed by atoms with Gasteiger partial charge >= 0.3 is 6.03 Å². The Morgan fingerprint density at radius 1 is 1.21 bits per heavy atom. The SMILES string of the molecule is CCNC(=O)NC1CC=C(CCN2CCN(c3cccc(Cl)c3Cl)CC2)CC1. The number of anilines is 1. The fourth-order valence-electron chi connectivity index (χ4n) is 3.89. The van der Waals surface area contributed by atoms with Gasteiger partial charge in [0.15, 0.2) is 0 Å². The highest BCUT2D eigenvalue weighted by atomic mass is 35.5. The molecule has 0 radical (unpaired) electrons. The molecule has 7 heteroatoms. The highest BCUT2D eigenvalue weighted by Crippen LogP contribution is 2.33. The number of rotatable bonds is 6. The van der Waals surface area contributed by atoms with Gasteiger partial charge in [-0.3, -0.25) is 4.90 Å². The molecule has 3 rings (SSSR count). The zero-order valence-corrected chi connectivity index (χ0v) is 18.0. The van der Waals surface area contributed by atoms with Crippen LogP contribution in [0.1, 0.15) is 32.6 Å². The Balaban J connectivity index is 1.39. The summed E-state index contributed by atoms with van der Waals surface area (Å²) in [5.41, 5.74) is 2.56. The molecule has 1 aromatic rings. The molecule has 1 atom stereocenters. The van der Waals surface area contributed by atoms with E-state index in [1.54, 1.807) is 0 Å². The number of nitrogens with zero attached hydrogens (tertiary/aromatic N) is 2. The molecule has 0 bridgehead atoms. The number of piperazine rings is 1. The molecule has 2 amide bonds. The van der Waals surface area contributed by atoms with E-state index in [0.717, 1.165) is 64.1 Å². The second kappa shape index (κ2) is 10.4. The van der Waals surface area contributed by atoms with Crippen LogP contribution in [0.5, 0.6) is 0 Å². The predicted octanol–water partition coefficient (Wildman–Crippen LogP) is 4.30. The lowest BCUT2D eigenvalue weighted by Crippen LogP contribution is -2.46. The first-order valence-corrected chi connectivity index (χ1v) is 11.0. The van der Waals surface area contributed by atoms with Gasteiger partial charge < -0.3 is 15.5 Å². The van der Waals surface area contributed by atoms with Gasteiger partial charge in [0.1, 0.15) is 0 Å². The molecule has 1 unspecified atom stereocenters. The highest BCUT2D eigenvalue weighted by Gasteiger charge is 2.21. The zero-order chi connectivity index (χ0) is 19.9. The Kier molecular flexibility index (Phi) is 7.89. The maximum atomic E-state index is 11.6. The Morgan fingerprint density at radius 3 is 2.68 bits per heavy atom. The van der Waals surface area contributed by atoms with Crippen LogP contribution in [0.4, 0.5) is 10.5 Å². The van der Waals surface area contributed by atoms with Crippen LogP contribution in [0, 0.1) is 0 Å². The Morgan fingerprint density at radius 2 is 2.00 bits per heavy atom. The number of amides is 2. The smallest absolute Gasteiger partial charge is 0.315 e. The van der Waals surface area contributed by atoms with Crippen molar-refractivity contribution in [2.75, 3.05) is 44.2 Å². The first-order valence-electron chi connectivity index (χ1n) is 10.2. The molecule has 28 heavy (non-hydrogen) atoms. The number of urea groups is 1. The fraction of sp³-hybridized carbons (Fsp3) is 0.571. The van der Waals surface area contributed by atoms with Gasteiger partial charge in [0.2, 0.25) is 0 Å². The van der Waals surface area contributed by atoms with Crippen LogP contribution in [-0.4, -0.2) is 56.2 Å². The molecular formula is C21H30Cl2N4O. The van der Waals surface area contributed by atoms with Crippen molar-refractivity contribution in [3.8, 4) is 0 Å². The quantitative estimate of drug-likeness (QED) is 0.668. The molecule has 0 spiro atoms. The van der Waals surface area contributed by atoms with Crippen LogP contribution in [0.15, 0.2) is 29.8 Å². The van der Waals surface area contributed by atoms with Crippen molar-refractivity contribution in [2.45, 2.75) is 38.6 Å². The van der Waals surface area contributed by atoms with Gasteiger partial charge in [0, 0.05) is 45.3 Å². The molecule has 0 aromatic heterocycles. The van der Waals surface area contributed by atoms with Crippen molar-refractivity contribution in [3.05, 3.63) is 39.9 Å². The zero-order valence-electron chi connectivity index (χ0n) is 16.5. The summed E-state index contributed by atoms with van der Waals surface area (Å²) in [5, 5.41) is 7.11. The van der Waals surface area contributed by atoms with E-state index in [9.17, 15) is 4.79 Å². The summed E-state index contributed by atoms with van der Waals surface area (Å²) >= 11 is 12.5. The number of carbonyl (C=O) groups is 1. The van der Waals surface area contributed by atoms with Gasteiger partial charge in [-0.2, -0.15) is 0 Å². The van der Waals surface area contributed by atoms with E-state index in [2.05, 4.69) is 26.5 Å². The van der Waals surface area contributed by atoms with E-state index in [1.165, 1.54) is 5.57 Å². The van der Waals surface area contributed by atoms with E-state index >= 15 is 0 Å². The molecule has 2 aliphatic rings. The highest BCUT2D eigenvalue weighted by molar-refractivity contribution is 6.43. The molecule has 2 N–H and O–H groups in total. The Labute approximate surface area is 178 Å². The summed E-state index contributed by atoms with van der Waals surface area (Å²) in [6, 6.07) is 6.04. The maximum Gasteiger partial charge on any atom is 0.315 e. The number of hydrogen-bond donors (Lipinski definition) is 2. The second-order valence-corrected chi connectivity index (χ2v) is 8.27. The minimum Gasteiger partial charge on any atom is -0.368 e. The molecule has 0 saturated carbocycles. The van der Waals surface area contributed by atoms with Crippen LogP contribution in [-0.2, 0) is 0 Å². The molecular weight excluding hydrogens is 395 g/mol. The van der Waals surface area contributed by atoms with Crippen molar-refractivity contribution < 1.29 is 4.79 Å². The molecule has 1 heterocycles. The molecule has 5 nitrogen and oxygen atoms in total. The first-order chi connectivity index (χ1) is 13.6. The fourth-order valence-corrected chi connectivity index (χ4v) is 4.31. The number of nitrogens with one attached hydrogen (secondary N) is 2. The lowest BCUT2D eigenvalue weighted by molar-refractivity contribution is 0.236. The van der Waals surface area contributed by atoms with Crippen molar-refractivity contribution in [1.82, 2.24) is 15.5 Å². The van der Waals surface area contributed by atoms with Crippen molar-refractivity contribution in [1.29, 1.82) is 0 Å². The molecule has 1 fully saturated rings. The number of carbonyl (C=O) groups excluding carboxylic acids is 1. The van der Waals surface area contributed by atoms with Gasteiger partial charge in [-0.1, -0.05) is 40.9 Å². The van der Waals surface area contributed by atoms with E-state index in [4.69, 9.17) is 23.2 Å². The summed E-state index contributed by atoms with van der Waals surface area (Å²) in [6.07, 6.45) is 6.49. The van der Waals surface area contributed by atoms with Crippen molar-refractivity contribution in [2.24, 2.45) is 0 Å². The molecule has 154 valence electrons. The van der Waals surface area contributed by atoms with Crippen LogP contribution >= 0.6 is 23.2 Å². The summed E-state index contributed by atoms with van der Waals surface area (Å²) in [6.45, 7) is 7.71. The van der Waals surface area contributed by atoms with E-state index in [-0.39, 0.29) is 12.1 Å². The summed E-state index contributed by atoms with van der Waals surface area (Å²) < 4.78 is 0. The van der Waals surface area contributed by atoms with Gasteiger partial charge in [-0.25, -0.2) is 4.79 Å². The van der Waals surface area contributed by atoms with Gasteiger partial charge in [-0.15, -0.1) is 0 Å². The van der Waals surface area contributed by atoms with Gasteiger partial charge in [-0.05, 0) is 44.7 Å². The average Bonchev–Trinajstić information content (AvgIpc) is 2.70. The minimum absolute atomic E-state index is 0.0537. The third-order valence-electron chi connectivity index (χ3n) is 5.57. The number of halogens is 2. The lowest BCUT2D eigenvalue weighted by atomic mass is 9.93. The van der Waals surface area contributed by atoms with Crippen LogP contribution < -0.4 is 15.5 Å². The van der Waals surface area contributed by atoms with Crippen LogP contribution in [0.25, 0.3) is 0 Å². The van der Waals surface area contributed by atoms with Gasteiger partial charge in [0.05, 0.1) is 15.7 Å². The number of benzene rings is 1. The van der Waals surface area contributed by atoms with E-state index < -0.39 is 0 Å². The van der Waals surface area contributed by atoms with E-state index in [1.807, 2.05) is 25.1 Å². The number of hydrogen-bond acceptors (Lipinski definition) is 3. The van der Waals surface area contributed by atoms with Crippen LogP contribution in [0.3, 0.4) is 0 Å². The lowest BCUT2D eigenvalue weighted by Gasteiger charge is -2.37. The summed E-state index contributed by atoms with van der Waals surface area (Å²) in [7, 11) is 0. The molecule has 1 aliphatic heterocycles. The molecule has 1 aromatic carbocycles. The third-order valence-corrected chi connectivity index (χ3v) is 6.38. The Hall–Kier alpha value is -1.43. The molecule has 1 aliphatic carbocycles. The average molecular weight is 425 g/mol. The van der Waals surface area contributed by atoms with Crippen LogP contribution in [0.2, 0.25) is 10.0 Å². The largest absolute Gasteiger partial charge is 0.368 e. The summed E-state index contributed by atoms with van der Waals surface area (Å²) in [5.74, 6) is 0. The van der Waals surface area contributed by atoms with Crippen molar-refractivity contribution in [3.63, 3.8) is 0 Å². The maximum absolute atomic E-state index is 11.6. The van der Waals surface area contributed by atoms with Crippen molar-refractivity contribution >= 4 is 34.9 Å². The standard InChI is InChI=1S/C21H30Cl2N4O/c1-2-24-21(28)25-17-8-6-16(7-9-17)10-11-26-12-14-27(15-13-26)19-5-3-4-18(22)20(19)23/h3-6,17H,2,7-15H2,1H3,(H2,24,25,28). The normalized spacial score (nSPS) is 20.6. The van der Waals surface area contributed by atoms with Gasteiger partial charge in [0.25, 0.3) is 0 Å². The second-order valence-electron chi connectivity index (χ2n) is 7.49.